The number of aryl methyl sites for hydroxylation is 1. The first-order valence-electron chi connectivity index (χ1n) is 10.7. The number of fused-ring (bicyclic) bond motifs is 1. The van der Waals surface area contributed by atoms with E-state index in [4.69, 9.17) is 17.2 Å². The van der Waals surface area contributed by atoms with Crippen LogP contribution in [0.1, 0.15) is 11.1 Å². The van der Waals surface area contributed by atoms with E-state index in [1.165, 1.54) is 22.3 Å². The van der Waals surface area contributed by atoms with Gasteiger partial charge in [-0.25, -0.2) is 4.98 Å². The number of hydrogen-bond donors (Lipinski definition) is 0. The van der Waals surface area contributed by atoms with Gasteiger partial charge >= 0.3 is 0 Å². The molecule has 1 amide bonds. The second-order valence-electron chi connectivity index (χ2n) is 8.14. The number of carbonyl (C=O) groups excluding carboxylic acids is 1. The third-order valence-electron chi connectivity index (χ3n) is 5.95. The van der Waals surface area contributed by atoms with Gasteiger partial charge in [0.2, 0.25) is 0 Å². The molecule has 9 heteroatoms. The van der Waals surface area contributed by atoms with E-state index >= 15 is 0 Å². The average Bonchev–Trinajstić information content (AvgIpc) is 3.08. The van der Waals surface area contributed by atoms with Crippen LogP contribution in [0.4, 0.5) is 11.5 Å². The highest BCUT2D eigenvalue weighted by Gasteiger charge is 2.30. The zero-order chi connectivity index (χ0) is 23.1. The first-order valence-corrected chi connectivity index (χ1v) is 11.9. The Hall–Kier alpha value is -3.17. The van der Waals surface area contributed by atoms with Crippen molar-refractivity contribution in [2.24, 2.45) is 0 Å². The van der Waals surface area contributed by atoms with Gasteiger partial charge in [0.1, 0.15) is 15.8 Å². The van der Waals surface area contributed by atoms with E-state index < -0.39 is 0 Å². The largest absolute Gasteiger partial charge is 0.368 e. The van der Waals surface area contributed by atoms with Gasteiger partial charge in [0.05, 0.1) is 10.5 Å². The minimum atomic E-state index is -0.196. The summed E-state index contributed by atoms with van der Waals surface area (Å²) in [5.41, 5.74) is 2.96. The monoisotopic (exact) mass is 477 g/mol. The lowest BCUT2D eigenvalue weighted by Crippen LogP contribution is -2.47. The Kier molecular flexibility index (Phi) is 5.67. The fraction of sp³-hybridized carbons (Fsp3) is 0.250. The number of rotatable bonds is 3. The lowest BCUT2D eigenvalue weighted by atomic mass is 10.2. The van der Waals surface area contributed by atoms with Crippen LogP contribution in [0.3, 0.4) is 0 Å². The molecule has 0 unspecified atom stereocenters. The number of amides is 1. The SMILES string of the molecule is Cc1ccc2nc(N3CCN(c4ccccc4)CC3)c(C=C3SC(=S)N(C)C3=O)c(=O)n2c1. The molecule has 1 aromatic carbocycles. The number of pyridine rings is 1. The summed E-state index contributed by atoms with van der Waals surface area (Å²) in [4.78, 5) is 37.4. The molecular formula is C24H23N5O2S2. The van der Waals surface area contributed by atoms with Crippen molar-refractivity contribution < 1.29 is 4.79 Å². The average molecular weight is 478 g/mol. The highest BCUT2D eigenvalue weighted by atomic mass is 32.2. The zero-order valence-electron chi connectivity index (χ0n) is 18.4. The second kappa shape index (κ2) is 8.64. The summed E-state index contributed by atoms with van der Waals surface area (Å²) in [7, 11) is 1.65. The standard InChI is InChI=1S/C24H23N5O2S2/c1-16-8-9-20-25-21(28-12-10-27(11-13-28)17-6-4-3-5-7-17)18(22(30)29(20)15-16)14-19-23(31)26(2)24(32)33-19/h3-9,14-15H,10-13H2,1-2H3. The second-order valence-corrected chi connectivity index (χ2v) is 9.82. The molecule has 0 N–H and O–H groups in total. The molecule has 0 spiro atoms. The predicted molar refractivity (Wildman–Crippen MR) is 138 cm³/mol. The van der Waals surface area contributed by atoms with Crippen LogP contribution in [-0.4, -0.2) is 57.7 Å². The number of anilines is 2. The molecule has 2 saturated heterocycles. The lowest BCUT2D eigenvalue weighted by molar-refractivity contribution is -0.121. The number of thioether (sulfide) groups is 1. The van der Waals surface area contributed by atoms with Crippen LogP contribution < -0.4 is 15.4 Å². The molecule has 2 aromatic heterocycles. The van der Waals surface area contributed by atoms with E-state index in [1.807, 2.05) is 37.3 Å². The number of thiocarbonyl (C=S) groups is 1. The maximum Gasteiger partial charge on any atom is 0.267 e. The summed E-state index contributed by atoms with van der Waals surface area (Å²) < 4.78 is 2.03. The number of para-hydroxylation sites is 1. The summed E-state index contributed by atoms with van der Waals surface area (Å²) >= 11 is 6.48. The molecule has 3 aromatic rings. The number of piperazine rings is 1. The summed E-state index contributed by atoms with van der Waals surface area (Å²) in [6.45, 7) is 5.01. The number of carbonyl (C=O) groups is 1. The van der Waals surface area contributed by atoms with Crippen LogP contribution in [0.15, 0.2) is 58.4 Å². The molecule has 5 rings (SSSR count). The molecule has 0 radical (unpaired) electrons. The summed E-state index contributed by atoms with van der Waals surface area (Å²) in [5.74, 6) is 0.413. The summed E-state index contributed by atoms with van der Waals surface area (Å²) in [6, 6.07) is 14.1. The normalized spacial score (nSPS) is 18.1. The van der Waals surface area contributed by atoms with Gasteiger partial charge in [-0.3, -0.25) is 18.9 Å². The van der Waals surface area contributed by atoms with Crippen molar-refractivity contribution in [1.82, 2.24) is 14.3 Å². The van der Waals surface area contributed by atoms with Crippen LogP contribution in [0.25, 0.3) is 11.7 Å². The smallest absolute Gasteiger partial charge is 0.267 e. The van der Waals surface area contributed by atoms with Gasteiger partial charge in [0.25, 0.3) is 11.5 Å². The van der Waals surface area contributed by atoms with E-state index in [1.54, 1.807) is 23.7 Å². The fourth-order valence-corrected chi connectivity index (χ4v) is 5.27. The van der Waals surface area contributed by atoms with Gasteiger partial charge in [-0.15, -0.1) is 0 Å². The Morgan fingerprint density at radius 1 is 1.00 bits per heavy atom. The highest BCUT2D eigenvalue weighted by molar-refractivity contribution is 8.26. The predicted octanol–water partition coefficient (Wildman–Crippen LogP) is 3.16. The third-order valence-corrected chi connectivity index (χ3v) is 7.43. The molecule has 0 saturated carbocycles. The fourth-order valence-electron chi connectivity index (χ4n) is 4.11. The number of likely N-dealkylation sites (N-methyl/N-ethyl adjacent to an activating group) is 1. The van der Waals surface area contributed by atoms with Crippen molar-refractivity contribution in [2.75, 3.05) is 43.0 Å². The van der Waals surface area contributed by atoms with Crippen LogP contribution in [0.2, 0.25) is 0 Å². The van der Waals surface area contributed by atoms with Gasteiger partial charge in [0, 0.05) is 45.1 Å². The Morgan fingerprint density at radius 2 is 1.70 bits per heavy atom. The van der Waals surface area contributed by atoms with Crippen LogP contribution in [0.5, 0.6) is 0 Å². The molecule has 0 bridgehead atoms. The molecule has 2 aliphatic rings. The lowest BCUT2D eigenvalue weighted by Gasteiger charge is -2.37. The molecule has 7 nitrogen and oxygen atoms in total. The van der Waals surface area contributed by atoms with E-state index in [0.717, 1.165) is 31.7 Å². The number of nitrogens with zero attached hydrogens (tertiary/aromatic N) is 5. The molecule has 168 valence electrons. The van der Waals surface area contributed by atoms with Crippen molar-refractivity contribution in [1.29, 1.82) is 0 Å². The minimum absolute atomic E-state index is 0.189. The van der Waals surface area contributed by atoms with Crippen molar-refractivity contribution in [2.45, 2.75) is 6.92 Å². The Balaban J connectivity index is 1.56. The molecule has 0 aliphatic carbocycles. The van der Waals surface area contributed by atoms with Crippen molar-refractivity contribution in [3.8, 4) is 0 Å². The Labute approximate surface area is 201 Å². The first-order chi connectivity index (χ1) is 15.9. The van der Waals surface area contributed by atoms with Crippen LogP contribution in [-0.2, 0) is 4.79 Å². The minimum Gasteiger partial charge on any atom is -0.368 e. The van der Waals surface area contributed by atoms with Crippen molar-refractivity contribution in [3.05, 3.63) is 75.0 Å². The zero-order valence-corrected chi connectivity index (χ0v) is 20.0. The summed E-state index contributed by atoms with van der Waals surface area (Å²) in [6.07, 6.45) is 3.44. The molecule has 2 aliphatic heterocycles. The van der Waals surface area contributed by atoms with Gasteiger partial charge < -0.3 is 9.80 Å². The first kappa shape index (κ1) is 21.7. The van der Waals surface area contributed by atoms with E-state index in [9.17, 15) is 9.59 Å². The van der Waals surface area contributed by atoms with Crippen molar-refractivity contribution in [3.63, 3.8) is 0 Å². The Morgan fingerprint density at radius 3 is 2.36 bits per heavy atom. The van der Waals surface area contributed by atoms with Gasteiger partial charge in [-0.05, 0) is 36.8 Å². The van der Waals surface area contributed by atoms with E-state index in [0.29, 0.717) is 26.3 Å². The third kappa shape index (κ3) is 4.02. The van der Waals surface area contributed by atoms with E-state index in [2.05, 4.69) is 21.9 Å². The summed E-state index contributed by atoms with van der Waals surface area (Å²) in [5, 5.41) is 0. The van der Waals surface area contributed by atoms with Gasteiger partial charge in [0.15, 0.2) is 0 Å². The van der Waals surface area contributed by atoms with Gasteiger partial charge in [-0.2, -0.15) is 0 Å². The molecular weight excluding hydrogens is 454 g/mol. The van der Waals surface area contributed by atoms with E-state index in [-0.39, 0.29) is 11.5 Å². The molecule has 2 fully saturated rings. The molecule has 4 heterocycles. The number of aromatic nitrogens is 2. The quantitative estimate of drug-likeness (QED) is 0.424. The van der Waals surface area contributed by atoms with Crippen LogP contribution >= 0.6 is 24.0 Å². The van der Waals surface area contributed by atoms with Gasteiger partial charge in [-0.1, -0.05) is 48.2 Å². The number of hydrogen-bond acceptors (Lipinski definition) is 7. The van der Waals surface area contributed by atoms with Crippen molar-refractivity contribution >= 4 is 57.4 Å². The maximum atomic E-state index is 13.6. The highest BCUT2D eigenvalue weighted by Crippen LogP contribution is 2.32. The maximum absolute atomic E-state index is 13.6. The Bertz CT molecular complexity index is 1340. The topological polar surface area (TPSA) is 61.2 Å². The number of benzene rings is 1. The molecule has 33 heavy (non-hydrogen) atoms. The van der Waals surface area contributed by atoms with Crippen LogP contribution in [0, 0.1) is 6.92 Å². The molecule has 0 atom stereocenters.